The molecule has 1 saturated heterocycles. The van der Waals surface area contributed by atoms with E-state index in [9.17, 15) is 13.2 Å². The minimum absolute atomic E-state index is 0.00248. The number of aromatic amines is 1. The lowest BCUT2D eigenvalue weighted by atomic mass is 10.1. The number of quaternary nitrogens is 1. The van der Waals surface area contributed by atoms with E-state index in [2.05, 4.69) is 33.4 Å². The first-order chi connectivity index (χ1) is 16.7. The minimum atomic E-state index is -4.17. The van der Waals surface area contributed by atoms with Crippen LogP contribution >= 0.6 is 22.9 Å². The zero-order chi connectivity index (χ0) is 24.8. The molecule has 5 rings (SSSR count). The number of sulfonamides is 1. The van der Waals surface area contributed by atoms with E-state index in [0.29, 0.717) is 48.3 Å². The van der Waals surface area contributed by atoms with Crippen LogP contribution in [0.15, 0.2) is 29.3 Å². The summed E-state index contributed by atoms with van der Waals surface area (Å²) >= 11 is 7.41. The number of nitrogens with one attached hydrogen (secondary N) is 3. The van der Waals surface area contributed by atoms with Gasteiger partial charge >= 0.3 is 15.9 Å². The molecule has 0 radical (unpaired) electrons. The van der Waals surface area contributed by atoms with E-state index in [4.69, 9.17) is 18.0 Å². The van der Waals surface area contributed by atoms with Crippen LogP contribution < -0.4 is 10.6 Å². The number of amides is 1. The monoisotopic (exact) mass is 532 g/mol. The van der Waals surface area contributed by atoms with Crippen molar-refractivity contribution in [2.24, 2.45) is 0 Å². The molecular formula is C24H27ClN5O3S2+. The maximum Gasteiger partial charge on any atom is 0.390 e. The third kappa shape index (κ3) is 4.31. The van der Waals surface area contributed by atoms with Gasteiger partial charge in [0.1, 0.15) is 13.1 Å². The highest BCUT2D eigenvalue weighted by molar-refractivity contribution is 7.86. The fourth-order valence-corrected chi connectivity index (χ4v) is 8.10. The first-order valence-electron chi connectivity index (χ1n) is 11.6. The van der Waals surface area contributed by atoms with E-state index >= 15 is 0 Å². The first-order valence-corrected chi connectivity index (χ1v) is 14.2. The topological polar surface area (TPSA) is 104 Å². The number of piperazine rings is 1. The van der Waals surface area contributed by atoms with Crippen LogP contribution in [0.1, 0.15) is 40.1 Å². The molecule has 3 atom stereocenters. The number of carbonyl (C=O) groups is 1. The van der Waals surface area contributed by atoms with Crippen LogP contribution in [0.25, 0.3) is 10.9 Å². The number of carbonyl (C=O) groups excluding carboxylic acids is 1. The second kappa shape index (κ2) is 9.32. The molecule has 2 aromatic heterocycles. The molecule has 0 aliphatic carbocycles. The van der Waals surface area contributed by atoms with Crippen LogP contribution in [-0.2, 0) is 23.0 Å². The van der Waals surface area contributed by atoms with E-state index in [0.717, 1.165) is 10.6 Å². The lowest BCUT2D eigenvalue weighted by Gasteiger charge is -2.39. The van der Waals surface area contributed by atoms with Gasteiger partial charge in [0.25, 0.3) is 0 Å². The number of hydrogen-bond acceptors (Lipinski definition) is 7. The Labute approximate surface area is 213 Å². The van der Waals surface area contributed by atoms with E-state index in [1.54, 1.807) is 24.3 Å². The van der Waals surface area contributed by atoms with Crippen LogP contribution in [0.2, 0.25) is 5.02 Å². The van der Waals surface area contributed by atoms with Gasteiger partial charge in [-0.2, -0.15) is 8.42 Å². The van der Waals surface area contributed by atoms with E-state index in [1.807, 2.05) is 0 Å². The average Bonchev–Trinajstić information content (AvgIpc) is 3.46. The van der Waals surface area contributed by atoms with Crippen molar-refractivity contribution in [3.8, 4) is 12.3 Å². The molecule has 0 spiro atoms. The summed E-state index contributed by atoms with van der Waals surface area (Å²) in [4.78, 5) is 22.8. The maximum atomic E-state index is 14.3. The van der Waals surface area contributed by atoms with Gasteiger partial charge in [-0.3, -0.25) is 0 Å². The van der Waals surface area contributed by atoms with Gasteiger partial charge in [-0.15, -0.1) is 27.6 Å². The van der Waals surface area contributed by atoms with Crippen molar-refractivity contribution in [2.75, 3.05) is 19.6 Å². The Morgan fingerprint density at radius 1 is 1.34 bits per heavy atom. The number of halogens is 1. The molecule has 2 aliphatic rings. The fraction of sp³-hybridized carbons (Fsp3) is 0.417. The quantitative estimate of drug-likeness (QED) is 0.345. The Balaban J connectivity index is 1.61. The Morgan fingerprint density at radius 3 is 2.97 bits per heavy atom. The molecule has 35 heavy (non-hydrogen) atoms. The minimum Gasteiger partial charge on any atom is -0.341 e. The molecule has 1 fully saturated rings. The first kappa shape index (κ1) is 24.4. The van der Waals surface area contributed by atoms with Gasteiger partial charge in [0, 0.05) is 52.8 Å². The SMILES string of the molecule is C#CCCC1C[N+](C(=O)c2nc3c(s2)CNC(C)C3)(S(=O)(=O)c2cc3cc(Cl)ccc3[nH]2)CCN1. The molecular weight excluding hydrogens is 506 g/mol. The summed E-state index contributed by atoms with van der Waals surface area (Å²) in [5.74, 6) is 2.13. The Morgan fingerprint density at radius 2 is 2.17 bits per heavy atom. The molecule has 1 amide bonds. The smallest absolute Gasteiger partial charge is 0.341 e. The van der Waals surface area contributed by atoms with Gasteiger partial charge in [0.05, 0.1) is 11.7 Å². The van der Waals surface area contributed by atoms with Crippen LogP contribution in [0.5, 0.6) is 0 Å². The van der Waals surface area contributed by atoms with Crippen LogP contribution in [-0.4, -0.2) is 59.9 Å². The summed E-state index contributed by atoms with van der Waals surface area (Å²) in [6.45, 7) is 3.25. The summed E-state index contributed by atoms with van der Waals surface area (Å²) in [5.41, 5.74) is 1.52. The molecule has 3 unspecified atom stereocenters. The molecule has 0 saturated carbocycles. The predicted molar refractivity (Wildman–Crippen MR) is 137 cm³/mol. The van der Waals surface area contributed by atoms with Gasteiger partial charge in [0.2, 0.25) is 5.01 Å². The highest BCUT2D eigenvalue weighted by atomic mass is 35.5. The maximum absolute atomic E-state index is 14.3. The largest absolute Gasteiger partial charge is 0.390 e. The zero-order valence-corrected chi connectivity index (χ0v) is 21.7. The molecule has 1 aromatic carbocycles. The van der Waals surface area contributed by atoms with Gasteiger partial charge in [0.15, 0.2) is 5.03 Å². The average molecular weight is 533 g/mol. The standard InChI is InChI=1S/C24H27ClN5O3S2/c1-3-4-5-18-14-30(9-8-26-18,24(31)23-29-20-10-15(2)27-13-21(20)34-23)35(32,33)22-12-16-11-17(25)6-7-19(16)28-22/h1,6-7,11-12,15,18,26-28H,4-5,8-10,13-14H2,2H3/q+1. The molecule has 184 valence electrons. The van der Waals surface area contributed by atoms with Gasteiger partial charge < -0.3 is 15.6 Å². The Kier molecular flexibility index (Phi) is 6.50. The number of fused-ring (bicyclic) bond motifs is 2. The summed E-state index contributed by atoms with van der Waals surface area (Å²) in [5, 5.41) is 8.14. The van der Waals surface area contributed by atoms with Crippen molar-refractivity contribution in [1.82, 2.24) is 20.6 Å². The number of aromatic nitrogens is 2. The second-order valence-corrected chi connectivity index (χ2v) is 12.8. The van der Waals surface area contributed by atoms with E-state index < -0.39 is 19.8 Å². The van der Waals surface area contributed by atoms with Crippen LogP contribution in [0.4, 0.5) is 0 Å². The molecule has 8 nitrogen and oxygen atoms in total. The van der Waals surface area contributed by atoms with Crippen molar-refractivity contribution in [3.63, 3.8) is 0 Å². The lowest BCUT2D eigenvalue weighted by Crippen LogP contribution is -2.67. The van der Waals surface area contributed by atoms with Gasteiger partial charge in [-0.25, -0.2) is 9.78 Å². The molecule has 0 bridgehead atoms. The van der Waals surface area contributed by atoms with Crippen molar-refractivity contribution in [2.45, 2.75) is 49.8 Å². The number of terminal acetylenes is 1. The summed E-state index contributed by atoms with van der Waals surface area (Å²) in [6, 6.07) is 6.73. The number of hydrogen-bond donors (Lipinski definition) is 3. The third-order valence-corrected chi connectivity index (χ3v) is 10.3. The number of rotatable bonds is 5. The number of thiazole rings is 1. The Bertz CT molecular complexity index is 1440. The highest BCUT2D eigenvalue weighted by Crippen LogP contribution is 2.34. The van der Waals surface area contributed by atoms with Gasteiger partial charge in [-0.05, 0) is 37.6 Å². The normalized spacial score (nSPS) is 24.7. The molecule has 11 heteroatoms. The molecule has 3 aromatic rings. The lowest BCUT2D eigenvalue weighted by molar-refractivity contribution is -0.727. The molecule has 4 heterocycles. The van der Waals surface area contributed by atoms with Crippen molar-refractivity contribution >= 4 is 49.8 Å². The molecule has 3 N–H and O–H groups in total. The van der Waals surface area contributed by atoms with Gasteiger partial charge in [-0.1, -0.05) is 11.6 Å². The number of benzene rings is 1. The van der Waals surface area contributed by atoms with Crippen LogP contribution in [0, 0.1) is 12.3 Å². The fourth-order valence-electron chi connectivity index (χ4n) is 4.90. The van der Waals surface area contributed by atoms with Crippen LogP contribution in [0.3, 0.4) is 0 Å². The Hall–Kier alpha value is -2.26. The predicted octanol–water partition coefficient (Wildman–Crippen LogP) is 3.04. The number of nitrogens with zero attached hydrogens (tertiary/aromatic N) is 2. The summed E-state index contributed by atoms with van der Waals surface area (Å²) < 4.78 is 27.8. The second-order valence-electron chi connectivity index (χ2n) is 9.21. The van der Waals surface area contributed by atoms with Crippen molar-refractivity contribution in [3.05, 3.63) is 44.9 Å². The molecule has 2 aliphatic heterocycles. The summed E-state index contributed by atoms with van der Waals surface area (Å²) in [6.07, 6.45) is 7.25. The highest BCUT2D eigenvalue weighted by Gasteiger charge is 2.55. The van der Waals surface area contributed by atoms with Crippen molar-refractivity contribution < 1.29 is 17.1 Å². The van der Waals surface area contributed by atoms with Crippen molar-refractivity contribution in [1.29, 1.82) is 0 Å². The van der Waals surface area contributed by atoms with E-state index in [-0.39, 0.29) is 35.2 Å². The van der Waals surface area contributed by atoms with E-state index in [1.165, 1.54) is 11.3 Å². The zero-order valence-electron chi connectivity index (χ0n) is 19.3. The summed E-state index contributed by atoms with van der Waals surface area (Å²) in [7, 11) is -4.17. The number of H-pyrrole nitrogens is 1. The third-order valence-electron chi connectivity index (χ3n) is 6.80.